The summed E-state index contributed by atoms with van der Waals surface area (Å²) in [4.78, 5) is 14.1. The van der Waals surface area contributed by atoms with E-state index >= 15 is 0 Å². The largest absolute Gasteiger partial charge is 0.354 e. The van der Waals surface area contributed by atoms with Gasteiger partial charge in [0.2, 0.25) is 0 Å². The lowest BCUT2D eigenvalue weighted by atomic mass is 10.1. The molecular weight excluding hydrogens is 310 g/mol. The molecule has 3 heterocycles. The van der Waals surface area contributed by atoms with Crippen molar-refractivity contribution in [2.24, 2.45) is 0 Å². The van der Waals surface area contributed by atoms with Crippen molar-refractivity contribution in [3.63, 3.8) is 0 Å². The third-order valence-corrected chi connectivity index (χ3v) is 4.67. The highest BCUT2D eigenvalue weighted by Crippen LogP contribution is 2.29. The van der Waals surface area contributed by atoms with Crippen molar-refractivity contribution >= 4 is 16.7 Å². The van der Waals surface area contributed by atoms with E-state index in [0.717, 1.165) is 54.2 Å². The molecule has 1 saturated heterocycles. The van der Waals surface area contributed by atoms with Gasteiger partial charge in [-0.2, -0.15) is 5.26 Å². The Morgan fingerprint density at radius 2 is 1.88 bits per heavy atom. The molecule has 1 aromatic carbocycles. The summed E-state index contributed by atoms with van der Waals surface area (Å²) in [6.07, 6.45) is 1.79. The van der Waals surface area contributed by atoms with E-state index in [2.05, 4.69) is 40.0 Å². The van der Waals surface area contributed by atoms with E-state index in [1.165, 1.54) is 0 Å². The Morgan fingerprint density at radius 1 is 1.04 bits per heavy atom. The molecule has 124 valence electrons. The quantitative estimate of drug-likeness (QED) is 0.723. The fourth-order valence-electron chi connectivity index (χ4n) is 3.21. The monoisotopic (exact) mass is 329 g/mol. The van der Waals surface area contributed by atoms with Crippen LogP contribution in [0.3, 0.4) is 0 Å². The third kappa shape index (κ3) is 3.04. The van der Waals surface area contributed by atoms with Crippen molar-refractivity contribution in [1.82, 2.24) is 14.9 Å². The van der Waals surface area contributed by atoms with Crippen molar-refractivity contribution in [1.29, 1.82) is 5.26 Å². The number of benzene rings is 1. The van der Waals surface area contributed by atoms with E-state index in [9.17, 15) is 5.26 Å². The van der Waals surface area contributed by atoms with Gasteiger partial charge in [-0.3, -0.25) is 4.98 Å². The third-order valence-electron chi connectivity index (χ3n) is 4.67. The predicted octanol–water partition coefficient (Wildman–Crippen LogP) is 2.92. The Kier molecular flexibility index (Phi) is 4.04. The van der Waals surface area contributed by atoms with Gasteiger partial charge in [0.25, 0.3) is 0 Å². The van der Waals surface area contributed by atoms with Crippen LogP contribution in [0, 0.1) is 11.3 Å². The van der Waals surface area contributed by atoms with Crippen LogP contribution in [-0.4, -0.2) is 48.1 Å². The first kappa shape index (κ1) is 15.6. The number of likely N-dealkylation sites (N-methyl/N-ethyl adjacent to an activating group) is 1. The second-order valence-electron chi connectivity index (χ2n) is 6.39. The maximum atomic E-state index is 9.21. The maximum absolute atomic E-state index is 9.21. The van der Waals surface area contributed by atoms with Crippen LogP contribution in [0.25, 0.3) is 22.2 Å². The first-order chi connectivity index (χ1) is 12.2. The van der Waals surface area contributed by atoms with Crippen LogP contribution in [0.2, 0.25) is 0 Å². The topological polar surface area (TPSA) is 56.0 Å². The van der Waals surface area contributed by atoms with Gasteiger partial charge < -0.3 is 9.80 Å². The molecule has 0 saturated carbocycles. The molecule has 5 heteroatoms. The summed E-state index contributed by atoms with van der Waals surface area (Å²) in [5.74, 6) is 0.978. The highest BCUT2D eigenvalue weighted by molar-refractivity contribution is 5.93. The lowest BCUT2D eigenvalue weighted by molar-refractivity contribution is 0.312. The smallest absolute Gasteiger partial charge is 0.130 e. The van der Waals surface area contributed by atoms with E-state index < -0.39 is 0 Å². The van der Waals surface area contributed by atoms with Crippen LogP contribution >= 0.6 is 0 Å². The lowest BCUT2D eigenvalue weighted by Crippen LogP contribution is -2.44. The maximum Gasteiger partial charge on any atom is 0.130 e. The number of hydrogen-bond acceptors (Lipinski definition) is 5. The zero-order valence-electron chi connectivity index (χ0n) is 14.2. The summed E-state index contributed by atoms with van der Waals surface area (Å²) in [6.45, 7) is 4.00. The number of nitrogens with zero attached hydrogens (tertiary/aromatic N) is 5. The van der Waals surface area contributed by atoms with Gasteiger partial charge in [-0.05, 0) is 31.3 Å². The van der Waals surface area contributed by atoms with Gasteiger partial charge in [-0.25, -0.2) is 4.98 Å². The highest BCUT2D eigenvalue weighted by Gasteiger charge is 2.18. The fraction of sp³-hybridized carbons (Fsp3) is 0.250. The van der Waals surface area contributed by atoms with Gasteiger partial charge in [0.05, 0.1) is 22.8 Å². The molecule has 25 heavy (non-hydrogen) atoms. The molecule has 0 amide bonds. The molecule has 0 unspecified atom stereocenters. The summed E-state index contributed by atoms with van der Waals surface area (Å²) >= 11 is 0. The number of rotatable bonds is 2. The van der Waals surface area contributed by atoms with Crippen molar-refractivity contribution < 1.29 is 0 Å². The summed E-state index contributed by atoms with van der Waals surface area (Å²) in [5, 5.41) is 10.3. The van der Waals surface area contributed by atoms with Crippen LogP contribution in [0.1, 0.15) is 5.56 Å². The number of piperazine rings is 1. The molecule has 1 aliphatic heterocycles. The molecule has 5 nitrogen and oxygen atoms in total. The van der Waals surface area contributed by atoms with Gasteiger partial charge in [-0.1, -0.05) is 18.2 Å². The number of hydrogen-bond donors (Lipinski definition) is 0. The number of pyridine rings is 2. The minimum absolute atomic E-state index is 0.633. The lowest BCUT2D eigenvalue weighted by Gasteiger charge is -2.33. The molecule has 3 aromatic rings. The molecule has 0 aliphatic carbocycles. The van der Waals surface area contributed by atoms with E-state index in [1.54, 1.807) is 6.20 Å². The Morgan fingerprint density at radius 3 is 2.68 bits per heavy atom. The highest BCUT2D eigenvalue weighted by atomic mass is 15.3. The van der Waals surface area contributed by atoms with Crippen molar-refractivity contribution in [3.8, 4) is 17.3 Å². The molecule has 0 atom stereocenters. The fourth-order valence-corrected chi connectivity index (χ4v) is 3.21. The van der Waals surface area contributed by atoms with Crippen LogP contribution in [-0.2, 0) is 0 Å². The Labute approximate surface area is 147 Å². The Bertz CT molecular complexity index is 952. The van der Waals surface area contributed by atoms with E-state index in [1.807, 2.05) is 30.3 Å². The molecule has 0 radical (unpaired) electrons. The standard InChI is InChI=1S/C20H19N5/c1-24-8-10-25(11-9-24)18-13-17-6-3-7-22-19(17)20(23-18)16-5-2-4-15(12-16)14-21/h2-7,12-13H,8-11H2,1H3. The van der Waals surface area contributed by atoms with Gasteiger partial charge in [0.15, 0.2) is 0 Å². The van der Waals surface area contributed by atoms with Crippen LogP contribution < -0.4 is 4.90 Å². The van der Waals surface area contributed by atoms with Crippen LogP contribution in [0.5, 0.6) is 0 Å². The molecule has 0 N–H and O–H groups in total. The van der Waals surface area contributed by atoms with Crippen LogP contribution in [0.15, 0.2) is 48.7 Å². The second-order valence-corrected chi connectivity index (χ2v) is 6.39. The van der Waals surface area contributed by atoms with E-state index in [0.29, 0.717) is 5.56 Å². The number of anilines is 1. The SMILES string of the molecule is CN1CCN(c2cc3cccnc3c(-c3cccc(C#N)c3)n2)CC1. The zero-order valence-corrected chi connectivity index (χ0v) is 14.2. The summed E-state index contributed by atoms with van der Waals surface area (Å²) in [5.41, 5.74) is 3.27. The molecule has 4 rings (SSSR count). The van der Waals surface area contributed by atoms with Crippen molar-refractivity contribution in [2.75, 3.05) is 38.1 Å². The molecule has 0 bridgehead atoms. The normalized spacial score (nSPS) is 15.3. The molecule has 0 spiro atoms. The van der Waals surface area contributed by atoms with Gasteiger partial charge in [0, 0.05) is 43.3 Å². The number of fused-ring (bicyclic) bond motifs is 1. The second kappa shape index (κ2) is 6.50. The van der Waals surface area contributed by atoms with E-state index in [4.69, 9.17) is 4.98 Å². The van der Waals surface area contributed by atoms with Gasteiger partial charge in [0.1, 0.15) is 5.82 Å². The molecule has 1 aliphatic rings. The predicted molar refractivity (Wildman–Crippen MR) is 99.4 cm³/mol. The minimum atomic E-state index is 0.633. The first-order valence-electron chi connectivity index (χ1n) is 8.44. The summed E-state index contributed by atoms with van der Waals surface area (Å²) < 4.78 is 0. The zero-order chi connectivity index (χ0) is 17.2. The van der Waals surface area contributed by atoms with Crippen LogP contribution in [0.4, 0.5) is 5.82 Å². The average Bonchev–Trinajstić information content (AvgIpc) is 2.67. The number of aromatic nitrogens is 2. The average molecular weight is 329 g/mol. The van der Waals surface area contributed by atoms with Gasteiger partial charge in [-0.15, -0.1) is 0 Å². The molecule has 1 fully saturated rings. The minimum Gasteiger partial charge on any atom is -0.354 e. The van der Waals surface area contributed by atoms with E-state index in [-0.39, 0.29) is 0 Å². The summed E-state index contributed by atoms with van der Waals surface area (Å²) in [6, 6.07) is 15.9. The van der Waals surface area contributed by atoms with Crippen molar-refractivity contribution in [3.05, 3.63) is 54.2 Å². The van der Waals surface area contributed by atoms with Crippen molar-refractivity contribution in [2.45, 2.75) is 0 Å². The number of nitriles is 1. The first-order valence-corrected chi connectivity index (χ1v) is 8.44. The summed E-state index contributed by atoms with van der Waals surface area (Å²) in [7, 11) is 2.15. The Hall–Kier alpha value is -2.97. The molecule has 2 aromatic heterocycles. The Balaban J connectivity index is 1.86. The van der Waals surface area contributed by atoms with Gasteiger partial charge >= 0.3 is 0 Å². The molecular formula is C20H19N5.